The lowest BCUT2D eigenvalue weighted by Crippen LogP contribution is -2.55. The number of anilines is 4. The Morgan fingerprint density at radius 3 is 2.16 bits per heavy atom. The highest BCUT2D eigenvalue weighted by Crippen LogP contribution is 2.61. The van der Waals surface area contributed by atoms with Gasteiger partial charge in [-0.25, -0.2) is 14.5 Å². The highest BCUT2D eigenvalue weighted by molar-refractivity contribution is 6.13. The van der Waals surface area contributed by atoms with Gasteiger partial charge < -0.3 is 9.80 Å². The van der Waals surface area contributed by atoms with Crippen LogP contribution in [0.5, 0.6) is 0 Å². The fourth-order valence-corrected chi connectivity index (χ4v) is 11.0. The predicted octanol–water partition coefficient (Wildman–Crippen LogP) is 11.3. The first-order valence-corrected chi connectivity index (χ1v) is 20.0. The number of para-hydroxylation sites is 2. The van der Waals surface area contributed by atoms with Gasteiger partial charge >= 0.3 is 0 Å². The summed E-state index contributed by atoms with van der Waals surface area (Å²) in [7, 11) is 0. The molecule has 55 heavy (non-hydrogen) atoms. The highest BCUT2D eigenvalue weighted by Gasteiger charge is 2.56. The molecule has 0 bridgehead atoms. The first kappa shape index (κ1) is 32.4. The second-order valence-corrected chi connectivity index (χ2v) is 16.1. The van der Waals surface area contributed by atoms with E-state index in [1.807, 2.05) is 12.4 Å². The van der Waals surface area contributed by atoms with E-state index in [0.29, 0.717) is 0 Å². The first-order chi connectivity index (χ1) is 26.9. The maximum absolute atomic E-state index is 5.04. The first-order valence-electron chi connectivity index (χ1n) is 20.0. The van der Waals surface area contributed by atoms with Gasteiger partial charge in [0.1, 0.15) is 23.4 Å². The van der Waals surface area contributed by atoms with Gasteiger partial charge in [0, 0.05) is 46.0 Å². The summed E-state index contributed by atoms with van der Waals surface area (Å²) >= 11 is 0. The molecular formula is C49H45N6+. The lowest BCUT2D eigenvalue weighted by molar-refractivity contribution is -0.743. The van der Waals surface area contributed by atoms with E-state index in [1.165, 1.54) is 72.1 Å². The van der Waals surface area contributed by atoms with E-state index in [4.69, 9.17) is 9.97 Å². The standard InChI is InChI=1S/C49H45N6/c1-6-49(7-2)28-38(44-36-19-11-12-22-39(36)55-46-45(50-25-26-51-46)53(48(44)55)33-17-9-8-10-18-33)35-21-14-20-34-37-27-30(3)23-24-40(37)54-41(29-52(49)47(54)43(34)35)42-31(4)15-13-16-32(42)5/h8-27,29,38,44,48H,6-7,28H2,1-5H3/q+1. The molecule has 5 aromatic carbocycles. The molecule has 3 atom stereocenters. The maximum atomic E-state index is 5.04. The van der Waals surface area contributed by atoms with Crippen molar-refractivity contribution in [1.82, 2.24) is 14.4 Å². The third-order valence-electron chi connectivity index (χ3n) is 13.5. The molecule has 3 aromatic heterocycles. The largest absolute Gasteiger partial charge is 0.301 e. The highest BCUT2D eigenvalue weighted by atomic mass is 15.5. The van der Waals surface area contributed by atoms with Gasteiger partial charge in [0.05, 0.1) is 5.39 Å². The summed E-state index contributed by atoms with van der Waals surface area (Å²) in [5.41, 5.74) is 14.1. The number of imidazole rings is 1. The summed E-state index contributed by atoms with van der Waals surface area (Å²) in [6, 6.07) is 40.9. The van der Waals surface area contributed by atoms with Crippen LogP contribution in [0.2, 0.25) is 0 Å². The van der Waals surface area contributed by atoms with Crippen LogP contribution >= 0.6 is 0 Å². The van der Waals surface area contributed by atoms with Crippen molar-refractivity contribution in [3.8, 4) is 11.3 Å². The lowest BCUT2D eigenvalue weighted by Gasteiger charge is -2.38. The third kappa shape index (κ3) is 4.28. The van der Waals surface area contributed by atoms with Gasteiger partial charge in [0.15, 0.2) is 17.3 Å². The van der Waals surface area contributed by atoms with Crippen LogP contribution in [0.15, 0.2) is 128 Å². The van der Waals surface area contributed by atoms with Gasteiger partial charge in [-0.15, -0.1) is 0 Å². The molecule has 0 radical (unpaired) electrons. The molecule has 0 saturated carbocycles. The summed E-state index contributed by atoms with van der Waals surface area (Å²) in [5, 5.41) is 4.01. The van der Waals surface area contributed by atoms with Gasteiger partial charge in [0.2, 0.25) is 0 Å². The summed E-state index contributed by atoms with van der Waals surface area (Å²) in [5.74, 6) is 2.17. The van der Waals surface area contributed by atoms with Crippen LogP contribution in [-0.4, -0.2) is 20.5 Å². The monoisotopic (exact) mass is 717 g/mol. The quantitative estimate of drug-likeness (QED) is 0.131. The predicted molar refractivity (Wildman–Crippen MR) is 224 cm³/mol. The van der Waals surface area contributed by atoms with Crippen LogP contribution in [0.3, 0.4) is 0 Å². The summed E-state index contributed by atoms with van der Waals surface area (Å²) in [6.45, 7) is 11.6. The number of aryl methyl sites for hydroxylation is 3. The van der Waals surface area contributed by atoms with Gasteiger partial charge in [-0.2, -0.15) is 4.40 Å². The Morgan fingerprint density at radius 2 is 1.40 bits per heavy atom. The number of rotatable bonds is 5. The minimum absolute atomic E-state index is 0.0302. The lowest BCUT2D eigenvalue weighted by atomic mass is 9.71. The number of aromatic nitrogens is 4. The van der Waals surface area contributed by atoms with Crippen molar-refractivity contribution in [2.45, 2.75) is 77.4 Å². The minimum atomic E-state index is -0.142. The van der Waals surface area contributed by atoms with E-state index >= 15 is 0 Å². The SMILES string of the molecule is CCC1(CC)CC(C2c3ccccc3N3c4nccnc4N(c4ccccc4)C23)c2cccc3c4cc(C)ccc4n4c(-c5c(C)cccc5C)c[n+]1c4c23. The Bertz CT molecular complexity index is 2820. The molecule has 3 unspecified atom stereocenters. The fraction of sp³-hybridized carbons (Fsp3) is 0.245. The molecule has 0 spiro atoms. The molecule has 8 aromatic rings. The molecule has 6 heterocycles. The molecule has 11 rings (SSSR count). The molecule has 0 amide bonds. The van der Waals surface area contributed by atoms with Crippen LogP contribution in [-0.2, 0) is 5.54 Å². The second kappa shape index (κ2) is 11.7. The van der Waals surface area contributed by atoms with Crippen LogP contribution in [0.25, 0.3) is 38.6 Å². The van der Waals surface area contributed by atoms with E-state index in [9.17, 15) is 0 Å². The van der Waals surface area contributed by atoms with Crippen molar-refractivity contribution in [2.75, 3.05) is 9.80 Å². The zero-order chi connectivity index (χ0) is 37.2. The average Bonchev–Trinajstić information content (AvgIpc) is 3.85. The Balaban J connectivity index is 1.27. The van der Waals surface area contributed by atoms with E-state index in [2.05, 4.69) is 169 Å². The number of fused-ring (bicyclic) bond motifs is 8. The van der Waals surface area contributed by atoms with Crippen LogP contribution < -0.4 is 14.4 Å². The Hall–Kier alpha value is -6.01. The normalized spacial score (nSPS) is 19.3. The van der Waals surface area contributed by atoms with Crippen LogP contribution in [0, 0.1) is 20.8 Å². The molecule has 0 N–H and O–H groups in total. The number of benzene rings is 5. The molecule has 6 nitrogen and oxygen atoms in total. The van der Waals surface area contributed by atoms with Crippen molar-refractivity contribution >= 4 is 50.3 Å². The van der Waals surface area contributed by atoms with Gasteiger partial charge in [-0.05, 0) is 98.5 Å². The van der Waals surface area contributed by atoms with Gasteiger partial charge in [-0.1, -0.05) is 98.3 Å². The topological polar surface area (TPSA) is 40.6 Å². The van der Waals surface area contributed by atoms with Crippen LogP contribution in [0.4, 0.5) is 23.0 Å². The second-order valence-electron chi connectivity index (χ2n) is 16.1. The third-order valence-corrected chi connectivity index (χ3v) is 13.5. The van der Waals surface area contributed by atoms with E-state index in [-0.39, 0.29) is 23.5 Å². The Morgan fingerprint density at radius 1 is 0.709 bits per heavy atom. The number of hydrogen-bond acceptors (Lipinski definition) is 4. The van der Waals surface area contributed by atoms with Crippen LogP contribution in [0.1, 0.15) is 72.8 Å². The van der Waals surface area contributed by atoms with E-state index < -0.39 is 0 Å². The van der Waals surface area contributed by atoms with Crippen molar-refractivity contribution in [3.63, 3.8) is 0 Å². The Kier molecular flexibility index (Phi) is 6.92. The number of hydrogen-bond donors (Lipinski definition) is 0. The molecule has 0 fully saturated rings. The summed E-state index contributed by atoms with van der Waals surface area (Å²) in [6.07, 6.45) is 9.23. The molecule has 270 valence electrons. The average molecular weight is 718 g/mol. The van der Waals surface area contributed by atoms with Crippen molar-refractivity contribution in [1.29, 1.82) is 0 Å². The smallest absolute Gasteiger partial charge is 0.295 e. The fourth-order valence-electron chi connectivity index (χ4n) is 11.0. The molecular weight excluding hydrogens is 673 g/mol. The molecule has 3 aliphatic rings. The zero-order valence-corrected chi connectivity index (χ0v) is 32.2. The summed E-state index contributed by atoms with van der Waals surface area (Å²) < 4.78 is 5.36. The van der Waals surface area contributed by atoms with Gasteiger partial charge in [0.25, 0.3) is 5.65 Å². The van der Waals surface area contributed by atoms with Crippen molar-refractivity contribution in [3.05, 3.63) is 156 Å². The Labute approximate surface area is 322 Å². The van der Waals surface area contributed by atoms with E-state index in [1.54, 1.807) is 0 Å². The van der Waals surface area contributed by atoms with Gasteiger partial charge in [-0.3, -0.25) is 0 Å². The molecule has 3 aliphatic heterocycles. The van der Waals surface area contributed by atoms with E-state index in [0.717, 1.165) is 36.6 Å². The molecule has 0 aliphatic carbocycles. The van der Waals surface area contributed by atoms with Crippen molar-refractivity contribution in [2.24, 2.45) is 0 Å². The zero-order valence-electron chi connectivity index (χ0n) is 32.2. The molecule has 0 saturated heterocycles. The minimum Gasteiger partial charge on any atom is -0.301 e. The summed E-state index contributed by atoms with van der Waals surface area (Å²) in [4.78, 5) is 15.0. The van der Waals surface area contributed by atoms with Crippen molar-refractivity contribution < 1.29 is 4.57 Å². The molecule has 6 heteroatoms. The maximum Gasteiger partial charge on any atom is 0.295 e. The number of nitrogens with zero attached hydrogens (tertiary/aromatic N) is 6. The number of pyridine rings is 1.